The average Bonchev–Trinajstić information content (AvgIpc) is 2.75. The summed E-state index contributed by atoms with van der Waals surface area (Å²) in [6, 6.07) is 6.00. The van der Waals surface area contributed by atoms with Gasteiger partial charge in [0.1, 0.15) is 5.75 Å². The Bertz CT molecular complexity index is 628. The fourth-order valence-corrected chi connectivity index (χ4v) is 4.49. The van der Waals surface area contributed by atoms with Crippen LogP contribution in [0.5, 0.6) is 5.75 Å². The van der Waals surface area contributed by atoms with Gasteiger partial charge in [-0.25, -0.2) is 8.42 Å². The van der Waals surface area contributed by atoms with Gasteiger partial charge in [-0.1, -0.05) is 12.1 Å². The van der Waals surface area contributed by atoms with Gasteiger partial charge >= 0.3 is 5.97 Å². The van der Waals surface area contributed by atoms with Crippen molar-refractivity contribution in [1.82, 2.24) is 4.90 Å². The molecule has 1 aromatic rings. The van der Waals surface area contributed by atoms with Crippen LogP contribution in [0.1, 0.15) is 24.9 Å². The van der Waals surface area contributed by atoms with Gasteiger partial charge in [-0.05, 0) is 31.0 Å². The number of aliphatic carboxylic acids is 1. The third-order valence-corrected chi connectivity index (χ3v) is 5.60. The van der Waals surface area contributed by atoms with Gasteiger partial charge in [0.05, 0.1) is 18.1 Å². The second-order valence-electron chi connectivity index (χ2n) is 5.39. The first kappa shape index (κ1) is 15.8. The zero-order valence-corrected chi connectivity index (χ0v) is 12.6. The number of carboxylic acid groups (broad SMARTS) is 1. The first-order valence-corrected chi connectivity index (χ1v) is 8.57. The first-order chi connectivity index (χ1) is 9.78. The van der Waals surface area contributed by atoms with Gasteiger partial charge in [0.25, 0.3) is 0 Å². The first-order valence-electron chi connectivity index (χ1n) is 6.75. The zero-order valence-electron chi connectivity index (χ0n) is 11.8. The van der Waals surface area contributed by atoms with Crippen molar-refractivity contribution >= 4 is 15.8 Å². The standard InChI is InChI=1S/C14H19NO5S/c1-10(11-3-2-4-13(16)7-11)15(8-14(17)18)12-5-6-21(19,20)9-12/h2-4,7,10,12,16H,5-6,8-9H2,1H3,(H,17,18). The lowest BCUT2D eigenvalue weighted by atomic mass is 10.0. The SMILES string of the molecule is CC(c1cccc(O)c1)N(CC(=O)O)C1CCS(=O)(=O)C1. The Labute approximate surface area is 123 Å². The number of benzene rings is 1. The molecule has 2 atom stereocenters. The number of carboxylic acids is 1. The van der Waals surface area contributed by atoms with Crippen molar-refractivity contribution < 1.29 is 23.4 Å². The van der Waals surface area contributed by atoms with Gasteiger partial charge in [-0.15, -0.1) is 0 Å². The van der Waals surface area contributed by atoms with Crippen molar-refractivity contribution in [3.05, 3.63) is 29.8 Å². The quantitative estimate of drug-likeness (QED) is 0.843. The summed E-state index contributed by atoms with van der Waals surface area (Å²) in [6.07, 6.45) is 0.443. The molecule has 0 aromatic heterocycles. The Morgan fingerprint density at radius 1 is 1.48 bits per heavy atom. The highest BCUT2D eigenvalue weighted by atomic mass is 32.2. The van der Waals surface area contributed by atoms with Crippen LogP contribution >= 0.6 is 0 Å². The van der Waals surface area contributed by atoms with Gasteiger partial charge in [-0.3, -0.25) is 9.69 Å². The van der Waals surface area contributed by atoms with E-state index < -0.39 is 15.8 Å². The summed E-state index contributed by atoms with van der Waals surface area (Å²) in [4.78, 5) is 12.8. The summed E-state index contributed by atoms with van der Waals surface area (Å²) in [5.41, 5.74) is 0.764. The maximum atomic E-state index is 11.6. The smallest absolute Gasteiger partial charge is 0.317 e. The van der Waals surface area contributed by atoms with Gasteiger partial charge in [0, 0.05) is 12.1 Å². The average molecular weight is 313 g/mol. The van der Waals surface area contributed by atoms with Crippen LogP contribution in [0.3, 0.4) is 0 Å². The summed E-state index contributed by atoms with van der Waals surface area (Å²) in [7, 11) is -3.08. The fourth-order valence-electron chi connectivity index (χ4n) is 2.75. The van der Waals surface area contributed by atoms with Crippen LogP contribution in [0.15, 0.2) is 24.3 Å². The highest BCUT2D eigenvalue weighted by Gasteiger charge is 2.35. The Kier molecular flexibility index (Phi) is 4.53. The zero-order chi connectivity index (χ0) is 15.6. The molecule has 2 unspecified atom stereocenters. The molecule has 0 amide bonds. The van der Waals surface area contributed by atoms with E-state index in [4.69, 9.17) is 5.11 Å². The summed E-state index contributed by atoms with van der Waals surface area (Å²) in [5, 5.41) is 18.6. The largest absolute Gasteiger partial charge is 0.508 e. The molecular weight excluding hydrogens is 294 g/mol. The molecule has 1 aliphatic heterocycles. The minimum absolute atomic E-state index is 0.0105. The molecule has 21 heavy (non-hydrogen) atoms. The van der Waals surface area contributed by atoms with Crippen molar-refractivity contribution in [1.29, 1.82) is 0 Å². The van der Waals surface area contributed by atoms with Gasteiger partial charge < -0.3 is 10.2 Å². The molecule has 1 saturated heterocycles. The van der Waals surface area contributed by atoms with E-state index in [9.17, 15) is 18.3 Å². The molecule has 0 bridgehead atoms. The van der Waals surface area contributed by atoms with E-state index in [0.717, 1.165) is 5.56 Å². The summed E-state index contributed by atoms with van der Waals surface area (Å²) < 4.78 is 23.3. The monoisotopic (exact) mass is 313 g/mol. The molecule has 1 aliphatic rings. The molecule has 2 rings (SSSR count). The highest BCUT2D eigenvalue weighted by Crippen LogP contribution is 2.29. The molecule has 116 valence electrons. The number of aromatic hydroxyl groups is 1. The van der Waals surface area contributed by atoms with Crippen molar-refractivity contribution in [3.63, 3.8) is 0 Å². The molecule has 1 heterocycles. The van der Waals surface area contributed by atoms with Gasteiger partial charge in [0.15, 0.2) is 9.84 Å². The van der Waals surface area contributed by atoms with E-state index in [2.05, 4.69) is 0 Å². The normalized spacial score (nSPS) is 22.3. The highest BCUT2D eigenvalue weighted by molar-refractivity contribution is 7.91. The van der Waals surface area contributed by atoms with Crippen LogP contribution in [0.25, 0.3) is 0 Å². The van der Waals surface area contributed by atoms with Gasteiger partial charge in [-0.2, -0.15) is 0 Å². The minimum Gasteiger partial charge on any atom is -0.508 e. The number of phenolic OH excluding ortho intramolecular Hbond substituents is 1. The number of carbonyl (C=O) groups is 1. The number of hydrogen-bond donors (Lipinski definition) is 2. The number of phenols is 1. The van der Waals surface area contributed by atoms with Gasteiger partial charge in [0.2, 0.25) is 0 Å². The second kappa shape index (κ2) is 6.03. The van der Waals surface area contributed by atoms with Crippen LogP contribution in [-0.2, 0) is 14.6 Å². The minimum atomic E-state index is -3.08. The summed E-state index contributed by atoms with van der Waals surface area (Å²) in [6.45, 7) is 1.60. The van der Waals surface area contributed by atoms with E-state index in [1.165, 1.54) is 6.07 Å². The second-order valence-corrected chi connectivity index (χ2v) is 7.62. The molecule has 1 aromatic carbocycles. The van der Waals surface area contributed by atoms with Crippen LogP contribution in [0, 0.1) is 0 Å². The lowest BCUT2D eigenvalue weighted by Crippen LogP contribution is -2.41. The lowest BCUT2D eigenvalue weighted by molar-refractivity contribution is -0.139. The molecule has 0 aliphatic carbocycles. The lowest BCUT2D eigenvalue weighted by Gasteiger charge is -2.32. The van der Waals surface area contributed by atoms with Crippen molar-refractivity contribution in [2.45, 2.75) is 25.4 Å². The van der Waals surface area contributed by atoms with Crippen LogP contribution in [-0.4, -0.2) is 53.6 Å². The number of rotatable bonds is 5. The Morgan fingerprint density at radius 2 is 2.19 bits per heavy atom. The van der Waals surface area contributed by atoms with E-state index >= 15 is 0 Å². The van der Waals surface area contributed by atoms with Crippen LogP contribution in [0.4, 0.5) is 0 Å². The van der Waals surface area contributed by atoms with E-state index in [-0.39, 0.29) is 35.9 Å². The van der Waals surface area contributed by atoms with Crippen LogP contribution in [0.2, 0.25) is 0 Å². The molecule has 2 N–H and O–H groups in total. The third-order valence-electron chi connectivity index (χ3n) is 3.85. The third kappa shape index (κ3) is 3.95. The Hall–Kier alpha value is -1.60. The van der Waals surface area contributed by atoms with E-state index in [1.54, 1.807) is 23.1 Å². The molecule has 1 fully saturated rings. The molecule has 0 saturated carbocycles. The molecule has 6 nitrogen and oxygen atoms in total. The molecule has 0 radical (unpaired) electrons. The topological polar surface area (TPSA) is 94.9 Å². The maximum absolute atomic E-state index is 11.6. The van der Waals surface area contributed by atoms with Crippen LogP contribution < -0.4 is 0 Å². The Balaban J connectivity index is 2.25. The van der Waals surface area contributed by atoms with Crippen molar-refractivity contribution in [2.75, 3.05) is 18.1 Å². The number of sulfone groups is 1. The summed E-state index contributed by atoms with van der Waals surface area (Å²) >= 11 is 0. The molecular formula is C14H19NO5S. The van der Waals surface area contributed by atoms with E-state index in [0.29, 0.717) is 6.42 Å². The molecule has 0 spiro atoms. The maximum Gasteiger partial charge on any atom is 0.317 e. The number of hydrogen-bond acceptors (Lipinski definition) is 5. The predicted molar refractivity (Wildman–Crippen MR) is 77.9 cm³/mol. The molecule has 7 heteroatoms. The van der Waals surface area contributed by atoms with E-state index in [1.807, 2.05) is 6.92 Å². The number of nitrogens with zero attached hydrogens (tertiary/aromatic N) is 1. The fraction of sp³-hybridized carbons (Fsp3) is 0.500. The predicted octanol–water partition coefficient (Wildman–Crippen LogP) is 1.03. The Morgan fingerprint density at radius 3 is 2.71 bits per heavy atom. The summed E-state index contributed by atoms with van der Waals surface area (Å²) in [5.74, 6) is -0.802. The van der Waals surface area contributed by atoms with Crippen molar-refractivity contribution in [2.24, 2.45) is 0 Å². The van der Waals surface area contributed by atoms with Crippen molar-refractivity contribution in [3.8, 4) is 5.75 Å².